The Morgan fingerprint density at radius 2 is 1.75 bits per heavy atom. The Morgan fingerprint density at radius 1 is 1.12 bits per heavy atom. The number of sulfonamides is 1. The lowest BCUT2D eigenvalue weighted by atomic mass is 10.2. The molecule has 0 unspecified atom stereocenters. The maximum Gasteiger partial charge on any atom is 0.232 e. The second-order valence-corrected chi connectivity index (χ2v) is 6.01. The molecule has 5 heteroatoms. The van der Waals surface area contributed by atoms with E-state index in [0.717, 1.165) is 24.3 Å². The van der Waals surface area contributed by atoms with Crippen molar-refractivity contribution >= 4 is 21.4 Å². The highest BCUT2D eigenvalue weighted by Gasteiger charge is 2.23. The fraction of sp³-hybridized carbons (Fsp3) is 0.455. The fourth-order valence-electron chi connectivity index (χ4n) is 2.03. The highest BCUT2D eigenvalue weighted by Crippen LogP contribution is 2.32. The van der Waals surface area contributed by atoms with Crippen LogP contribution in [0.2, 0.25) is 0 Å². The maximum absolute atomic E-state index is 11.7. The first-order valence-electron chi connectivity index (χ1n) is 5.28. The summed E-state index contributed by atoms with van der Waals surface area (Å²) in [5, 5.41) is 0. The van der Waals surface area contributed by atoms with Crippen molar-refractivity contribution in [3.63, 3.8) is 0 Å². The Balaban J connectivity index is 2.56. The Kier molecular flexibility index (Phi) is 2.80. The first kappa shape index (κ1) is 11.3. The van der Waals surface area contributed by atoms with Crippen LogP contribution in [-0.4, -0.2) is 34.8 Å². The van der Waals surface area contributed by atoms with Crippen molar-refractivity contribution in [3.05, 3.63) is 24.3 Å². The molecule has 0 radical (unpaired) electrons. The number of benzene rings is 1. The Bertz CT molecular complexity index is 485. The van der Waals surface area contributed by atoms with Crippen molar-refractivity contribution in [2.75, 3.05) is 35.6 Å². The first-order chi connectivity index (χ1) is 7.50. The normalized spacial score (nSPS) is 16.9. The van der Waals surface area contributed by atoms with Crippen LogP contribution in [-0.2, 0) is 10.0 Å². The van der Waals surface area contributed by atoms with Gasteiger partial charge in [-0.25, -0.2) is 8.42 Å². The zero-order chi connectivity index (χ0) is 11.8. The topological polar surface area (TPSA) is 40.6 Å². The highest BCUT2D eigenvalue weighted by molar-refractivity contribution is 7.92. The molecule has 16 heavy (non-hydrogen) atoms. The van der Waals surface area contributed by atoms with E-state index >= 15 is 0 Å². The van der Waals surface area contributed by atoms with Crippen LogP contribution in [0.25, 0.3) is 0 Å². The van der Waals surface area contributed by atoms with Crippen LogP contribution in [0.5, 0.6) is 0 Å². The molecule has 0 fully saturated rings. The first-order valence-corrected chi connectivity index (χ1v) is 7.13. The molecular formula is C11H16N2O2S. The van der Waals surface area contributed by atoms with E-state index < -0.39 is 10.0 Å². The Labute approximate surface area is 96.5 Å². The number of hydrogen-bond donors (Lipinski definition) is 0. The number of fused-ring (bicyclic) bond motifs is 1. The van der Waals surface area contributed by atoms with Gasteiger partial charge in [-0.3, -0.25) is 4.31 Å². The minimum atomic E-state index is -3.18. The average molecular weight is 240 g/mol. The van der Waals surface area contributed by atoms with Gasteiger partial charge in [0, 0.05) is 20.1 Å². The van der Waals surface area contributed by atoms with Gasteiger partial charge in [-0.15, -0.1) is 0 Å². The summed E-state index contributed by atoms with van der Waals surface area (Å²) in [5.74, 6) is 0. The summed E-state index contributed by atoms with van der Waals surface area (Å²) in [6.07, 6.45) is 2.10. The third kappa shape index (κ3) is 2.00. The summed E-state index contributed by atoms with van der Waals surface area (Å²) < 4.78 is 24.9. The quantitative estimate of drug-likeness (QED) is 0.742. The van der Waals surface area contributed by atoms with Crippen LogP contribution in [0.4, 0.5) is 11.4 Å². The zero-order valence-corrected chi connectivity index (χ0v) is 10.4. The zero-order valence-electron chi connectivity index (χ0n) is 9.55. The second kappa shape index (κ2) is 3.97. The van der Waals surface area contributed by atoms with Gasteiger partial charge in [0.1, 0.15) is 0 Å². The van der Waals surface area contributed by atoms with E-state index in [1.807, 2.05) is 31.3 Å². The smallest absolute Gasteiger partial charge is 0.232 e. The number of para-hydroxylation sites is 2. The monoisotopic (exact) mass is 240 g/mol. The van der Waals surface area contributed by atoms with E-state index in [-0.39, 0.29) is 0 Å². The highest BCUT2D eigenvalue weighted by atomic mass is 32.2. The van der Waals surface area contributed by atoms with E-state index in [9.17, 15) is 8.42 Å². The van der Waals surface area contributed by atoms with Crippen molar-refractivity contribution in [1.82, 2.24) is 0 Å². The van der Waals surface area contributed by atoms with Crippen molar-refractivity contribution in [3.8, 4) is 0 Å². The molecule has 0 spiro atoms. The summed E-state index contributed by atoms with van der Waals surface area (Å²) in [6, 6.07) is 7.62. The van der Waals surface area contributed by atoms with Crippen LogP contribution in [0.3, 0.4) is 0 Å². The van der Waals surface area contributed by atoms with Gasteiger partial charge in [0.15, 0.2) is 0 Å². The van der Waals surface area contributed by atoms with Gasteiger partial charge >= 0.3 is 0 Å². The lowest BCUT2D eigenvalue weighted by Gasteiger charge is -2.23. The summed E-state index contributed by atoms with van der Waals surface area (Å²) in [5.41, 5.74) is 1.76. The molecule has 0 N–H and O–H groups in total. The van der Waals surface area contributed by atoms with E-state index in [4.69, 9.17) is 0 Å². The lowest BCUT2D eigenvalue weighted by molar-refractivity contribution is 0.596. The molecule has 1 aromatic rings. The molecule has 0 aromatic heterocycles. The van der Waals surface area contributed by atoms with Crippen LogP contribution in [0.15, 0.2) is 24.3 Å². The number of hydrogen-bond acceptors (Lipinski definition) is 3. The molecule has 1 aliphatic heterocycles. The third-order valence-corrected chi connectivity index (χ3v) is 4.00. The van der Waals surface area contributed by atoms with Gasteiger partial charge in [0.25, 0.3) is 0 Å². The molecule has 4 nitrogen and oxygen atoms in total. The Hall–Kier alpha value is -1.23. The van der Waals surface area contributed by atoms with Crippen LogP contribution >= 0.6 is 0 Å². The van der Waals surface area contributed by atoms with Crippen LogP contribution < -0.4 is 9.21 Å². The van der Waals surface area contributed by atoms with Crippen molar-refractivity contribution in [2.24, 2.45) is 0 Å². The maximum atomic E-state index is 11.7. The second-order valence-electron chi connectivity index (χ2n) is 4.10. The molecule has 1 aliphatic rings. The van der Waals surface area contributed by atoms with Crippen LogP contribution in [0, 0.1) is 0 Å². The van der Waals surface area contributed by atoms with Crippen molar-refractivity contribution in [1.29, 1.82) is 0 Å². The molecule has 2 rings (SSSR count). The molecule has 0 saturated carbocycles. The molecule has 88 valence electrons. The molecule has 0 aliphatic carbocycles. The Morgan fingerprint density at radius 3 is 2.38 bits per heavy atom. The van der Waals surface area contributed by atoms with Crippen molar-refractivity contribution < 1.29 is 8.42 Å². The fourth-order valence-corrected chi connectivity index (χ4v) is 3.01. The largest absolute Gasteiger partial charge is 0.373 e. The number of nitrogens with zero attached hydrogens (tertiary/aromatic N) is 2. The van der Waals surface area contributed by atoms with E-state index in [0.29, 0.717) is 6.54 Å². The molecule has 1 aromatic carbocycles. The van der Waals surface area contributed by atoms with E-state index in [1.165, 1.54) is 10.6 Å². The summed E-state index contributed by atoms with van der Waals surface area (Å²) in [7, 11) is -1.19. The van der Waals surface area contributed by atoms with E-state index in [2.05, 4.69) is 4.90 Å². The van der Waals surface area contributed by atoms with Gasteiger partial charge in [0.2, 0.25) is 10.0 Å². The molecule has 1 heterocycles. The number of rotatable bonds is 1. The SMILES string of the molecule is CN1CCCN(S(C)(=O)=O)c2ccccc21. The van der Waals surface area contributed by atoms with E-state index in [1.54, 1.807) is 0 Å². The molecular weight excluding hydrogens is 224 g/mol. The standard InChI is InChI=1S/C11H16N2O2S/c1-12-8-5-9-13(16(2,14)15)11-7-4-3-6-10(11)12/h3-4,6-7H,5,8-9H2,1-2H3. The third-order valence-electron chi connectivity index (χ3n) is 2.82. The molecule has 0 saturated heterocycles. The minimum Gasteiger partial charge on any atom is -0.373 e. The number of anilines is 2. The predicted molar refractivity (Wildman–Crippen MR) is 66.5 cm³/mol. The average Bonchev–Trinajstić information content (AvgIpc) is 2.38. The molecule has 0 atom stereocenters. The molecule has 0 bridgehead atoms. The van der Waals surface area contributed by atoms with Gasteiger partial charge in [-0.1, -0.05) is 12.1 Å². The van der Waals surface area contributed by atoms with Gasteiger partial charge in [0.05, 0.1) is 17.6 Å². The van der Waals surface area contributed by atoms with Crippen LogP contribution in [0.1, 0.15) is 6.42 Å². The van der Waals surface area contributed by atoms with Gasteiger partial charge < -0.3 is 4.90 Å². The molecule has 0 amide bonds. The van der Waals surface area contributed by atoms with Gasteiger partial charge in [-0.05, 0) is 18.6 Å². The van der Waals surface area contributed by atoms with Gasteiger partial charge in [-0.2, -0.15) is 0 Å². The lowest BCUT2D eigenvalue weighted by Crippen LogP contribution is -2.30. The summed E-state index contributed by atoms with van der Waals surface area (Å²) in [6.45, 7) is 1.43. The predicted octanol–water partition coefficient (Wildman–Crippen LogP) is 1.29. The summed E-state index contributed by atoms with van der Waals surface area (Å²) >= 11 is 0. The van der Waals surface area contributed by atoms with Crippen molar-refractivity contribution in [2.45, 2.75) is 6.42 Å². The summed E-state index contributed by atoms with van der Waals surface area (Å²) in [4.78, 5) is 2.10. The minimum absolute atomic E-state index is 0.556.